The van der Waals surface area contributed by atoms with Crippen molar-refractivity contribution in [3.05, 3.63) is 28.8 Å². The Kier molecular flexibility index (Phi) is 5.26. The molecule has 1 aliphatic rings. The van der Waals surface area contributed by atoms with Crippen molar-refractivity contribution in [1.82, 2.24) is 10.2 Å². The molecule has 0 atom stereocenters. The first-order valence-electron chi connectivity index (χ1n) is 7.13. The van der Waals surface area contributed by atoms with Gasteiger partial charge in [0.05, 0.1) is 10.6 Å². The summed E-state index contributed by atoms with van der Waals surface area (Å²) >= 11 is 6.10. The maximum atomic E-state index is 12.7. The summed E-state index contributed by atoms with van der Waals surface area (Å²) in [4.78, 5) is 14.6. The van der Waals surface area contributed by atoms with E-state index in [4.69, 9.17) is 11.6 Å². The molecule has 1 aliphatic heterocycles. The minimum atomic E-state index is -0.0837. The van der Waals surface area contributed by atoms with E-state index in [1.165, 1.54) is 12.1 Å². The van der Waals surface area contributed by atoms with Crippen molar-refractivity contribution in [2.45, 2.75) is 32.2 Å². The molecule has 0 unspecified atom stereocenters. The van der Waals surface area contributed by atoms with E-state index in [1.807, 2.05) is 4.90 Å². The standard InChI is InChI=1S/C15H21ClN2O2/c1-2-9-18(11-5-7-17-8-6-11)15(20)13-10-12(19)3-4-14(13)16/h3-4,10-11,17,19H,2,5-9H2,1H3. The summed E-state index contributed by atoms with van der Waals surface area (Å²) in [6, 6.07) is 4.76. The minimum Gasteiger partial charge on any atom is -0.508 e. The summed E-state index contributed by atoms with van der Waals surface area (Å²) in [6.45, 7) is 4.65. The zero-order valence-electron chi connectivity index (χ0n) is 11.7. The van der Waals surface area contributed by atoms with Crippen LogP contribution in [0, 0.1) is 0 Å². The number of nitrogens with one attached hydrogen (secondary N) is 1. The van der Waals surface area contributed by atoms with Crippen LogP contribution in [0.4, 0.5) is 0 Å². The van der Waals surface area contributed by atoms with Crippen LogP contribution < -0.4 is 5.32 Å². The van der Waals surface area contributed by atoms with Crippen LogP contribution >= 0.6 is 11.6 Å². The first-order chi connectivity index (χ1) is 9.63. The van der Waals surface area contributed by atoms with Gasteiger partial charge >= 0.3 is 0 Å². The van der Waals surface area contributed by atoms with Gasteiger partial charge in [-0.25, -0.2) is 0 Å². The molecule has 0 aliphatic carbocycles. The fraction of sp³-hybridized carbons (Fsp3) is 0.533. The lowest BCUT2D eigenvalue weighted by molar-refractivity contribution is 0.0642. The molecule has 0 aromatic heterocycles. The maximum absolute atomic E-state index is 12.7. The highest BCUT2D eigenvalue weighted by Crippen LogP contribution is 2.25. The Labute approximate surface area is 124 Å². The van der Waals surface area contributed by atoms with E-state index in [2.05, 4.69) is 12.2 Å². The summed E-state index contributed by atoms with van der Waals surface area (Å²) in [7, 11) is 0. The highest BCUT2D eigenvalue weighted by Gasteiger charge is 2.26. The fourth-order valence-electron chi connectivity index (χ4n) is 2.64. The van der Waals surface area contributed by atoms with Crippen LogP contribution in [0.2, 0.25) is 5.02 Å². The average molecular weight is 297 g/mol. The molecule has 0 spiro atoms. The van der Waals surface area contributed by atoms with Gasteiger partial charge in [0.2, 0.25) is 0 Å². The average Bonchev–Trinajstić information content (AvgIpc) is 2.47. The Morgan fingerprint density at radius 3 is 2.80 bits per heavy atom. The Morgan fingerprint density at radius 1 is 1.45 bits per heavy atom. The predicted octanol–water partition coefficient (Wildman–Crippen LogP) is 2.65. The second-order valence-electron chi connectivity index (χ2n) is 5.14. The molecular weight excluding hydrogens is 276 g/mol. The van der Waals surface area contributed by atoms with Gasteiger partial charge in [-0.2, -0.15) is 0 Å². The normalized spacial score (nSPS) is 16.1. The second kappa shape index (κ2) is 6.95. The minimum absolute atomic E-state index is 0.0690. The lowest BCUT2D eigenvalue weighted by Crippen LogP contribution is -2.46. The number of rotatable bonds is 4. The number of aromatic hydroxyl groups is 1. The van der Waals surface area contributed by atoms with Crippen LogP contribution in [0.5, 0.6) is 5.75 Å². The molecule has 5 heteroatoms. The van der Waals surface area contributed by atoms with Crippen molar-refractivity contribution in [1.29, 1.82) is 0 Å². The fourth-order valence-corrected chi connectivity index (χ4v) is 2.84. The van der Waals surface area contributed by atoms with Gasteiger partial charge in [-0.3, -0.25) is 4.79 Å². The van der Waals surface area contributed by atoms with Crippen molar-refractivity contribution >= 4 is 17.5 Å². The molecule has 1 aromatic carbocycles. The van der Waals surface area contributed by atoms with E-state index in [-0.39, 0.29) is 17.7 Å². The molecule has 20 heavy (non-hydrogen) atoms. The van der Waals surface area contributed by atoms with Gasteiger partial charge in [0.25, 0.3) is 5.91 Å². The number of piperidine rings is 1. The summed E-state index contributed by atoms with van der Waals surface area (Å²) in [6.07, 6.45) is 2.83. The first-order valence-corrected chi connectivity index (χ1v) is 7.51. The van der Waals surface area contributed by atoms with Gasteiger partial charge in [-0.1, -0.05) is 18.5 Å². The molecule has 1 fully saturated rings. The van der Waals surface area contributed by atoms with Crippen molar-refractivity contribution < 1.29 is 9.90 Å². The molecule has 1 saturated heterocycles. The summed E-state index contributed by atoms with van der Waals surface area (Å²) in [5.41, 5.74) is 0.388. The van der Waals surface area contributed by atoms with E-state index in [0.717, 1.165) is 38.9 Å². The highest BCUT2D eigenvalue weighted by atomic mass is 35.5. The molecule has 4 nitrogen and oxygen atoms in total. The summed E-state index contributed by atoms with van der Waals surface area (Å²) < 4.78 is 0. The van der Waals surface area contributed by atoms with Crippen molar-refractivity contribution in [2.75, 3.05) is 19.6 Å². The van der Waals surface area contributed by atoms with Crippen molar-refractivity contribution in [3.8, 4) is 5.75 Å². The van der Waals surface area contributed by atoms with Crippen molar-refractivity contribution in [2.24, 2.45) is 0 Å². The number of benzene rings is 1. The molecule has 0 radical (unpaired) electrons. The molecule has 2 N–H and O–H groups in total. The first kappa shape index (κ1) is 15.1. The second-order valence-corrected chi connectivity index (χ2v) is 5.55. The third-order valence-corrected chi connectivity index (χ3v) is 3.98. The Morgan fingerprint density at radius 2 is 2.15 bits per heavy atom. The van der Waals surface area contributed by atoms with Gasteiger partial charge in [0.1, 0.15) is 5.75 Å². The molecule has 2 rings (SSSR count). The third kappa shape index (κ3) is 3.44. The van der Waals surface area contributed by atoms with Crippen LogP contribution in [-0.2, 0) is 0 Å². The molecule has 1 heterocycles. The zero-order valence-corrected chi connectivity index (χ0v) is 12.5. The van der Waals surface area contributed by atoms with Gasteiger partial charge in [-0.05, 0) is 50.6 Å². The highest BCUT2D eigenvalue weighted by molar-refractivity contribution is 6.33. The monoisotopic (exact) mass is 296 g/mol. The van der Waals surface area contributed by atoms with Gasteiger partial charge < -0.3 is 15.3 Å². The van der Waals surface area contributed by atoms with E-state index >= 15 is 0 Å². The number of phenolic OH excluding ortho intramolecular Hbond substituents is 1. The van der Waals surface area contributed by atoms with Gasteiger partial charge in [-0.15, -0.1) is 0 Å². The summed E-state index contributed by atoms with van der Waals surface area (Å²) in [5, 5.41) is 13.3. The van der Waals surface area contributed by atoms with E-state index < -0.39 is 0 Å². The molecule has 1 aromatic rings. The lowest BCUT2D eigenvalue weighted by atomic mass is 10.0. The molecule has 1 amide bonds. The van der Waals surface area contributed by atoms with Gasteiger partial charge in [0, 0.05) is 12.6 Å². The van der Waals surface area contributed by atoms with Crippen LogP contribution in [0.25, 0.3) is 0 Å². The Hall–Kier alpha value is -1.26. The Balaban J connectivity index is 2.23. The largest absolute Gasteiger partial charge is 0.508 e. The third-order valence-electron chi connectivity index (χ3n) is 3.66. The smallest absolute Gasteiger partial charge is 0.255 e. The van der Waals surface area contributed by atoms with Crippen molar-refractivity contribution in [3.63, 3.8) is 0 Å². The van der Waals surface area contributed by atoms with E-state index in [9.17, 15) is 9.90 Å². The predicted molar refractivity (Wildman–Crippen MR) is 80.3 cm³/mol. The molecule has 0 bridgehead atoms. The number of phenols is 1. The molecule has 110 valence electrons. The molecular formula is C15H21ClN2O2. The Bertz CT molecular complexity index is 473. The number of carbonyl (C=O) groups is 1. The van der Waals surface area contributed by atoms with Crippen LogP contribution in [0.15, 0.2) is 18.2 Å². The number of hydrogen-bond donors (Lipinski definition) is 2. The van der Waals surface area contributed by atoms with Crippen LogP contribution in [0.3, 0.4) is 0 Å². The molecule has 0 saturated carbocycles. The maximum Gasteiger partial charge on any atom is 0.255 e. The van der Waals surface area contributed by atoms with Gasteiger partial charge in [0.15, 0.2) is 0 Å². The number of halogens is 1. The SMILES string of the molecule is CCCN(C(=O)c1cc(O)ccc1Cl)C1CCNCC1. The quantitative estimate of drug-likeness (QED) is 0.898. The summed E-state index contributed by atoms with van der Waals surface area (Å²) in [5.74, 6) is -0.0147. The topological polar surface area (TPSA) is 52.6 Å². The number of amides is 1. The van der Waals surface area contributed by atoms with E-state index in [0.29, 0.717) is 10.6 Å². The van der Waals surface area contributed by atoms with Crippen LogP contribution in [-0.4, -0.2) is 41.6 Å². The lowest BCUT2D eigenvalue weighted by Gasteiger charge is -2.34. The van der Waals surface area contributed by atoms with Crippen LogP contribution in [0.1, 0.15) is 36.5 Å². The number of carbonyl (C=O) groups excluding carboxylic acids is 1. The number of hydrogen-bond acceptors (Lipinski definition) is 3. The number of nitrogens with zero attached hydrogens (tertiary/aromatic N) is 1. The van der Waals surface area contributed by atoms with E-state index in [1.54, 1.807) is 6.07 Å². The zero-order chi connectivity index (χ0) is 14.5.